The maximum atomic E-state index is 11.6. The summed E-state index contributed by atoms with van der Waals surface area (Å²) in [4.78, 5) is 22.2. The Hall–Kier alpha value is -2.30. The van der Waals surface area contributed by atoms with Crippen LogP contribution >= 0.6 is 11.6 Å². The lowest BCUT2D eigenvalue weighted by Crippen LogP contribution is -2.43. The van der Waals surface area contributed by atoms with E-state index in [2.05, 4.69) is 10.6 Å². The van der Waals surface area contributed by atoms with Crippen molar-refractivity contribution >= 4 is 29.3 Å². The molecule has 21 heavy (non-hydrogen) atoms. The third-order valence-corrected chi connectivity index (χ3v) is 2.82. The molecule has 0 aliphatic carbocycles. The number of hydrogen-bond acceptors (Lipinski definition) is 4. The first-order valence-corrected chi connectivity index (χ1v) is 6.30. The first kappa shape index (κ1) is 16.8. The van der Waals surface area contributed by atoms with Crippen molar-refractivity contribution in [2.75, 3.05) is 11.9 Å². The van der Waals surface area contributed by atoms with E-state index in [1.165, 1.54) is 25.1 Å². The lowest BCUT2D eigenvalue weighted by Gasteiger charge is -2.21. The van der Waals surface area contributed by atoms with E-state index in [0.717, 1.165) is 0 Å². The molecule has 1 aromatic rings. The smallest absolute Gasteiger partial charge is 0.319 e. The van der Waals surface area contributed by atoms with Crippen LogP contribution in [0.25, 0.3) is 0 Å². The number of urea groups is 1. The number of carboxylic acid groups (broad SMARTS) is 1. The Kier molecular flexibility index (Phi) is 5.52. The second-order valence-corrected chi connectivity index (χ2v) is 5.09. The van der Waals surface area contributed by atoms with E-state index in [9.17, 15) is 14.7 Å². The summed E-state index contributed by atoms with van der Waals surface area (Å²) in [7, 11) is 0. The third kappa shape index (κ3) is 5.69. The summed E-state index contributed by atoms with van der Waals surface area (Å²) in [6, 6.07) is 5.62. The number of halogens is 1. The maximum Gasteiger partial charge on any atom is 0.319 e. The van der Waals surface area contributed by atoms with Crippen LogP contribution in [0.3, 0.4) is 0 Å². The van der Waals surface area contributed by atoms with Crippen LogP contribution < -0.4 is 10.6 Å². The highest BCUT2D eigenvalue weighted by Gasteiger charge is 2.24. The number of nitriles is 1. The zero-order chi connectivity index (χ0) is 16.0. The molecule has 4 N–H and O–H groups in total. The number of carbonyl (C=O) groups excluding carboxylic acids is 1. The number of aliphatic hydroxyl groups is 1. The monoisotopic (exact) mass is 311 g/mol. The van der Waals surface area contributed by atoms with E-state index < -0.39 is 24.0 Å². The molecule has 0 radical (unpaired) electrons. The molecule has 0 fully saturated rings. The second-order valence-electron chi connectivity index (χ2n) is 4.68. The van der Waals surface area contributed by atoms with Crippen molar-refractivity contribution in [3.8, 4) is 6.07 Å². The van der Waals surface area contributed by atoms with Gasteiger partial charge in [-0.2, -0.15) is 5.26 Å². The van der Waals surface area contributed by atoms with Gasteiger partial charge in [0.2, 0.25) is 0 Å². The third-order valence-electron chi connectivity index (χ3n) is 2.51. The van der Waals surface area contributed by atoms with E-state index in [1.54, 1.807) is 0 Å². The van der Waals surface area contributed by atoms with Gasteiger partial charge in [-0.25, -0.2) is 4.79 Å². The Morgan fingerprint density at radius 3 is 2.67 bits per heavy atom. The molecule has 112 valence electrons. The number of carboxylic acids is 1. The normalized spacial score (nSPS) is 12.9. The summed E-state index contributed by atoms with van der Waals surface area (Å²) in [5.41, 5.74) is -0.904. The highest BCUT2D eigenvalue weighted by Crippen LogP contribution is 2.22. The highest BCUT2D eigenvalue weighted by atomic mass is 35.5. The van der Waals surface area contributed by atoms with E-state index in [-0.39, 0.29) is 11.6 Å². The van der Waals surface area contributed by atoms with Gasteiger partial charge in [0.1, 0.15) is 0 Å². The maximum absolute atomic E-state index is 11.6. The van der Waals surface area contributed by atoms with Gasteiger partial charge in [-0.15, -0.1) is 0 Å². The fraction of sp³-hybridized carbons (Fsp3) is 0.308. The lowest BCUT2D eigenvalue weighted by molar-refractivity contribution is -0.141. The van der Waals surface area contributed by atoms with Gasteiger partial charge in [0.25, 0.3) is 0 Å². The predicted octanol–water partition coefficient (Wildman–Crippen LogP) is 1.56. The Balaban J connectivity index is 2.59. The Morgan fingerprint density at radius 2 is 2.14 bits per heavy atom. The van der Waals surface area contributed by atoms with Gasteiger partial charge < -0.3 is 20.8 Å². The van der Waals surface area contributed by atoms with Crippen LogP contribution in [0.5, 0.6) is 0 Å². The van der Waals surface area contributed by atoms with Gasteiger partial charge in [0, 0.05) is 6.54 Å². The van der Waals surface area contributed by atoms with Crippen molar-refractivity contribution < 1.29 is 19.8 Å². The zero-order valence-electron chi connectivity index (χ0n) is 11.2. The molecule has 0 bridgehead atoms. The molecule has 2 amide bonds. The number of anilines is 1. The molecule has 0 aliphatic rings. The van der Waals surface area contributed by atoms with Crippen LogP contribution in [0.4, 0.5) is 10.5 Å². The second kappa shape index (κ2) is 6.92. The van der Waals surface area contributed by atoms with Crippen LogP contribution in [-0.2, 0) is 4.79 Å². The van der Waals surface area contributed by atoms with Crippen LogP contribution in [0.2, 0.25) is 5.02 Å². The van der Waals surface area contributed by atoms with Crippen molar-refractivity contribution in [1.29, 1.82) is 5.26 Å². The van der Waals surface area contributed by atoms with Crippen LogP contribution in [-0.4, -0.2) is 34.4 Å². The van der Waals surface area contributed by atoms with Gasteiger partial charge in [-0.1, -0.05) is 11.6 Å². The van der Waals surface area contributed by atoms with E-state index in [4.69, 9.17) is 22.0 Å². The number of hydrogen-bond donors (Lipinski definition) is 4. The Labute approximate surface area is 126 Å². The summed E-state index contributed by atoms with van der Waals surface area (Å²) >= 11 is 5.89. The number of rotatable bonds is 5. The van der Waals surface area contributed by atoms with E-state index >= 15 is 0 Å². The number of amides is 2. The van der Waals surface area contributed by atoms with Crippen molar-refractivity contribution in [2.24, 2.45) is 0 Å². The van der Waals surface area contributed by atoms with Crippen molar-refractivity contribution in [2.45, 2.75) is 18.9 Å². The molecular weight excluding hydrogens is 298 g/mol. The fourth-order valence-corrected chi connectivity index (χ4v) is 1.74. The van der Waals surface area contributed by atoms with Crippen LogP contribution in [0.1, 0.15) is 18.9 Å². The van der Waals surface area contributed by atoms with Gasteiger partial charge in [0.05, 0.1) is 34.4 Å². The van der Waals surface area contributed by atoms with Gasteiger partial charge in [0.15, 0.2) is 0 Å². The zero-order valence-corrected chi connectivity index (χ0v) is 11.9. The molecular formula is C13H14ClN3O4. The van der Waals surface area contributed by atoms with Gasteiger partial charge >= 0.3 is 12.0 Å². The lowest BCUT2D eigenvalue weighted by atomic mass is 10.0. The minimum absolute atomic E-state index is 0.196. The number of nitrogens with one attached hydrogen (secondary N) is 2. The van der Waals surface area contributed by atoms with Crippen LogP contribution in [0, 0.1) is 11.3 Å². The van der Waals surface area contributed by atoms with E-state index in [1.807, 2.05) is 6.07 Å². The number of nitrogens with zero attached hydrogens (tertiary/aromatic N) is 1. The average Bonchev–Trinajstić information content (AvgIpc) is 2.37. The molecule has 0 saturated carbocycles. The average molecular weight is 312 g/mol. The molecule has 0 aromatic heterocycles. The molecule has 0 saturated heterocycles. The summed E-state index contributed by atoms with van der Waals surface area (Å²) in [6.45, 7) is 1.06. The molecule has 1 aromatic carbocycles. The quantitative estimate of drug-likeness (QED) is 0.657. The number of aliphatic carboxylic acids is 1. The largest absolute Gasteiger partial charge is 0.481 e. The summed E-state index contributed by atoms with van der Waals surface area (Å²) < 4.78 is 0. The van der Waals surface area contributed by atoms with Crippen molar-refractivity contribution in [3.63, 3.8) is 0 Å². The first-order chi connectivity index (χ1) is 9.73. The predicted molar refractivity (Wildman–Crippen MR) is 76.1 cm³/mol. The molecule has 8 heteroatoms. The van der Waals surface area contributed by atoms with E-state index in [0.29, 0.717) is 11.3 Å². The number of carbonyl (C=O) groups is 2. The molecule has 0 heterocycles. The standard InChI is InChI=1S/C13H14ClN3O4/c1-13(21,5-11(18)19)7-16-12(20)17-10-3-2-8(6-15)4-9(10)14/h2-4,21H,5,7H2,1H3,(H,18,19)(H2,16,17,20). The number of benzene rings is 1. The molecule has 7 nitrogen and oxygen atoms in total. The molecule has 1 unspecified atom stereocenters. The molecule has 1 atom stereocenters. The minimum Gasteiger partial charge on any atom is -0.481 e. The highest BCUT2D eigenvalue weighted by molar-refractivity contribution is 6.33. The Morgan fingerprint density at radius 1 is 1.48 bits per heavy atom. The summed E-state index contributed by atoms with van der Waals surface area (Å²) in [5.74, 6) is -1.17. The topological polar surface area (TPSA) is 122 Å². The van der Waals surface area contributed by atoms with Crippen LogP contribution in [0.15, 0.2) is 18.2 Å². The van der Waals surface area contributed by atoms with Crippen molar-refractivity contribution in [3.05, 3.63) is 28.8 Å². The Bertz CT molecular complexity index is 596. The first-order valence-electron chi connectivity index (χ1n) is 5.92. The minimum atomic E-state index is -1.56. The molecule has 0 spiro atoms. The fourth-order valence-electron chi connectivity index (χ4n) is 1.51. The van der Waals surface area contributed by atoms with Gasteiger partial charge in [-0.3, -0.25) is 4.79 Å². The summed E-state index contributed by atoms with van der Waals surface area (Å²) in [5, 5.41) is 32.0. The summed E-state index contributed by atoms with van der Waals surface area (Å²) in [6.07, 6.45) is -0.495. The van der Waals surface area contributed by atoms with Gasteiger partial charge in [-0.05, 0) is 25.1 Å². The van der Waals surface area contributed by atoms with Crippen molar-refractivity contribution in [1.82, 2.24) is 5.32 Å². The SMILES string of the molecule is CC(O)(CNC(=O)Nc1ccc(C#N)cc1Cl)CC(=O)O. The molecule has 0 aliphatic heterocycles. The molecule has 1 rings (SSSR count).